The van der Waals surface area contributed by atoms with Crippen LogP contribution in [0.25, 0.3) is 0 Å². The predicted octanol–water partition coefficient (Wildman–Crippen LogP) is 0.409. The second kappa shape index (κ2) is 5.72. The highest BCUT2D eigenvalue weighted by Gasteiger charge is 2.36. The molecule has 5 heteroatoms. The Morgan fingerprint density at radius 1 is 0.700 bits per heavy atom. The third-order valence-electron chi connectivity index (χ3n) is 4.90. The molecular formula is C15H25N3O2. The summed E-state index contributed by atoms with van der Waals surface area (Å²) in [5.74, 6) is 1.09. The quantitative estimate of drug-likeness (QED) is 0.735. The molecule has 0 aromatic carbocycles. The summed E-state index contributed by atoms with van der Waals surface area (Å²) < 4.78 is 0. The Hall–Kier alpha value is -1.10. The highest BCUT2D eigenvalue weighted by Crippen LogP contribution is 2.32. The van der Waals surface area contributed by atoms with Crippen molar-refractivity contribution in [1.82, 2.24) is 14.7 Å². The normalized spacial score (nSPS) is 25.9. The van der Waals surface area contributed by atoms with Crippen LogP contribution in [-0.2, 0) is 9.59 Å². The van der Waals surface area contributed by atoms with Gasteiger partial charge in [-0.05, 0) is 32.7 Å². The van der Waals surface area contributed by atoms with Gasteiger partial charge in [0.1, 0.15) is 0 Å². The van der Waals surface area contributed by atoms with Crippen molar-refractivity contribution in [3.05, 3.63) is 0 Å². The fraction of sp³-hybridized carbons (Fsp3) is 0.867. The van der Waals surface area contributed by atoms with Crippen molar-refractivity contribution in [2.24, 2.45) is 11.8 Å². The number of carbonyl (C=O) groups is 2. The number of rotatable bonds is 2. The number of amides is 2. The summed E-state index contributed by atoms with van der Waals surface area (Å²) in [6.07, 6.45) is 3.84. The topological polar surface area (TPSA) is 43.9 Å². The van der Waals surface area contributed by atoms with Gasteiger partial charge < -0.3 is 14.7 Å². The zero-order valence-electron chi connectivity index (χ0n) is 12.4. The van der Waals surface area contributed by atoms with Crippen molar-refractivity contribution in [2.45, 2.75) is 25.7 Å². The third kappa shape index (κ3) is 2.97. The summed E-state index contributed by atoms with van der Waals surface area (Å²) >= 11 is 0. The van der Waals surface area contributed by atoms with Crippen LogP contribution in [0.1, 0.15) is 25.7 Å². The van der Waals surface area contributed by atoms with Crippen LogP contribution in [0.3, 0.4) is 0 Å². The van der Waals surface area contributed by atoms with Crippen molar-refractivity contribution >= 4 is 11.8 Å². The summed E-state index contributed by atoms with van der Waals surface area (Å²) in [4.78, 5) is 30.7. The molecule has 0 radical (unpaired) electrons. The van der Waals surface area contributed by atoms with Crippen LogP contribution in [0.5, 0.6) is 0 Å². The molecule has 3 rings (SSSR count). The van der Waals surface area contributed by atoms with E-state index in [4.69, 9.17) is 0 Å². The number of hydrogen-bond acceptors (Lipinski definition) is 3. The highest BCUT2D eigenvalue weighted by molar-refractivity contribution is 5.82. The number of piperidine rings is 1. The van der Waals surface area contributed by atoms with Crippen LogP contribution >= 0.6 is 0 Å². The molecule has 5 nitrogen and oxygen atoms in total. The van der Waals surface area contributed by atoms with Crippen LogP contribution in [0, 0.1) is 11.8 Å². The standard InChI is InChI=1S/C15H25N3O2/c1-16-8-10-18(11-9-16)15(20)13-4-6-17(7-5-13)14(19)12-2-3-12/h12-13H,2-11H2,1H3. The smallest absolute Gasteiger partial charge is 0.225 e. The number of carbonyl (C=O) groups excluding carboxylic acids is 2. The van der Waals surface area contributed by atoms with E-state index >= 15 is 0 Å². The van der Waals surface area contributed by atoms with Crippen molar-refractivity contribution in [2.75, 3.05) is 46.3 Å². The van der Waals surface area contributed by atoms with Gasteiger partial charge in [0.25, 0.3) is 0 Å². The van der Waals surface area contributed by atoms with Gasteiger partial charge in [-0.3, -0.25) is 9.59 Å². The minimum atomic E-state index is 0.140. The number of piperazine rings is 1. The van der Waals surface area contributed by atoms with Gasteiger partial charge in [0, 0.05) is 51.1 Å². The maximum absolute atomic E-state index is 12.5. The molecule has 0 aromatic heterocycles. The third-order valence-corrected chi connectivity index (χ3v) is 4.90. The zero-order valence-corrected chi connectivity index (χ0v) is 12.4. The van der Waals surface area contributed by atoms with E-state index in [-0.39, 0.29) is 5.92 Å². The summed E-state index contributed by atoms with van der Waals surface area (Å²) in [6, 6.07) is 0. The molecule has 2 amide bonds. The summed E-state index contributed by atoms with van der Waals surface area (Å²) in [7, 11) is 2.10. The van der Waals surface area contributed by atoms with Gasteiger partial charge in [0.2, 0.25) is 11.8 Å². The Morgan fingerprint density at radius 3 is 1.65 bits per heavy atom. The summed E-state index contributed by atoms with van der Waals surface area (Å²) in [5, 5.41) is 0. The van der Waals surface area contributed by atoms with Gasteiger partial charge in [0.05, 0.1) is 0 Å². The molecule has 3 aliphatic rings. The van der Waals surface area contributed by atoms with E-state index in [1.54, 1.807) is 0 Å². The van der Waals surface area contributed by atoms with Gasteiger partial charge >= 0.3 is 0 Å². The molecule has 0 spiro atoms. The average Bonchev–Trinajstić information content (AvgIpc) is 3.31. The van der Waals surface area contributed by atoms with Crippen molar-refractivity contribution in [3.63, 3.8) is 0 Å². The molecule has 0 N–H and O–H groups in total. The first-order valence-electron chi connectivity index (χ1n) is 7.91. The molecule has 0 aromatic rings. The van der Waals surface area contributed by atoms with E-state index in [0.717, 1.165) is 65.0 Å². The average molecular weight is 279 g/mol. The van der Waals surface area contributed by atoms with Crippen LogP contribution in [0.4, 0.5) is 0 Å². The maximum Gasteiger partial charge on any atom is 0.225 e. The first-order chi connectivity index (χ1) is 9.65. The number of hydrogen-bond donors (Lipinski definition) is 0. The Bertz CT molecular complexity index is 379. The maximum atomic E-state index is 12.5. The predicted molar refractivity (Wildman–Crippen MR) is 76.1 cm³/mol. The summed E-state index contributed by atoms with van der Waals surface area (Å²) in [5.41, 5.74) is 0. The van der Waals surface area contributed by atoms with Crippen molar-refractivity contribution < 1.29 is 9.59 Å². The molecule has 3 fully saturated rings. The minimum Gasteiger partial charge on any atom is -0.342 e. The fourth-order valence-electron chi connectivity index (χ4n) is 3.22. The van der Waals surface area contributed by atoms with Gasteiger partial charge in [-0.2, -0.15) is 0 Å². The van der Waals surface area contributed by atoms with Crippen molar-refractivity contribution in [3.8, 4) is 0 Å². The molecule has 0 bridgehead atoms. The highest BCUT2D eigenvalue weighted by atomic mass is 16.2. The van der Waals surface area contributed by atoms with Crippen LogP contribution < -0.4 is 0 Å². The van der Waals surface area contributed by atoms with E-state index in [1.165, 1.54) is 0 Å². The first kappa shape index (κ1) is 13.9. The molecule has 2 heterocycles. The monoisotopic (exact) mass is 279 g/mol. The largest absolute Gasteiger partial charge is 0.342 e. The Balaban J connectivity index is 1.47. The molecule has 0 atom stereocenters. The van der Waals surface area contributed by atoms with E-state index in [1.807, 2.05) is 9.80 Å². The van der Waals surface area contributed by atoms with E-state index in [0.29, 0.717) is 17.7 Å². The van der Waals surface area contributed by atoms with Gasteiger partial charge in [-0.25, -0.2) is 0 Å². The lowest BCUT2D eigenvalue weighted by molar-refractivity contribution is -0.142. The molecule has 2 aliphatic heterocycles. The Kier molecular flexibility index (Phi) is 3.96. The number of likely N-dealkylation sites (N-methyl/N-ethyl adjacent to an activating group) is 1. The first-order valence-corrected chi connectivity index (χ1v) is 7.91. The second-order valence-electron chi connectivity index (χ2n) is 6.50. The lowest BCUT2D eigenvalue weighted by Crippen LogP contribution is -2.51. The lowest BCUT2D eigenvalue weighted by Gasteiger charge is -2.37. The Labute approximate surface area is 120 Å². The van der Waals surface area contributed by atoms with E-state index in [2.05, 4.69) is 11.9 Å². The lowest BCUT2D eigenvalue weighted by atomic mass is 9.94. The Morgan fingerprint density at radius 2 is 1.15 bits per heavy atom. The number of likely N-dealkylation sites (tertiary alicyclic amines) is 1. The molecule has 2 saturated heterocycles. The van der Waals surface area contributed by atoms with Crippen LogP contribution in [0.15, 0.2) is 0 Å². The van der Waals surface area contributed by atoms with E-state index in [9.17, 15) is 9.59 Å². The molecule has 20 heavy (non-hydrogen) atoms. The van der Waals surface area contributed by atoms with Crippen LogP contribution in [0.2, 0.25) is 0 Å². The van der Waals surface area contributed by atoms with Crippen LogP contribution in [-0.4, -0.2) is 72.8 Å². The minimum absolute atomic E-state index is 0.140. The van der Waals surface area contributed by atoms with Gasteiger partial charge in [-0.1, -0.05) is 0 Å². The molecule has 0 unspecified atom stereocenters. The molecule has 112 valence electrons. The van der Waals surface area contributed by atoms with E-state index < -0.39 is 0 Å². The second-order valence-corrected chi connectivity index (χ2v) is 6.50. The molecule has 1 saturated carbocycles. The zero-order chi connectivity index (χ0) is 14.1. The SMILES string of the molecule is CN1CCN(C(=O)C2CCN(C(=O)C3CC3)CC2)CC1. The molecule has 1 aliphatic carbocycles. The molecular weight excluding hydrogens is 254 g/mol. The van der Waals surface area contributed by atoms with Crippen molar-refractivity contribution in [1.29, 1.82) is 0 Å². The van der Waals surface area contributed by atoms with Gasteiger partial charge in [-0.15, -0.1) is 0 Å². The fourth-order valence-corrected chi connectivity index (χ4v) is 3.22. The van der Waals surface area contributed by atoms with Gasteiger partial charge in [0.15, 0.2) is 0 Å². The summed E-state index contributed by atoms with van der Waals surface area (Å²) in [6.45, 7) is 5.22. The number of nitrogens with zero attached hydrogens (tertiary/aromatic N) is 3.